The number of hydrogen-bond acceptors (Lipinski definition) is 7. The molecular weight excluding hydrogens is 579 g/mol. The van der Waals surface area contributed by atoms with E-state index < -0.39 is 38.6 Å². The van der Waals surface area contributed by atoms with Gasteiger partial charge < -0.3 is 26.2 Å². The minimum absolute atomic E-state index is 0.0375. The fourth-order valence-electron chi connectivity index (χ4n) is 4.90. The fourth-order valence-corrected chi connectivity index (χ4v) is 5.66. The number of carbonyl (C=O) groups is 1. The van der Waals surface area contributed by atoms with Crippen LogP contribution in [0.3, 0.4) is 0 Å². The van der Waals surface area contributed by atoms with E-state index in [1.165, 1.54) is 96.0 Å². The maximum Gasteiger partial charge on any atom is 0.472 e. The van der Waals surface area contributed by atoms with Crippen LogP contribution >= 0.6 is 7.82 Å². The largest absolute Gasteiger partial charge is 0.472 e. The average molecular weight is 647 g/mol. The summed E-state index contributed by atoms with van der Waals surface area (Å²) < 4.78 is 21.8. The quantitative estimate of drug-likeness (QED) is 0.0284. The van der Waals surface area contributed by atoms with E-state index in [4.69, 9.17) is 14.8 Å². The van der Waals surface area contributed by atoms with E-state index in [0.29, 0.717) is 6.42 Å². The molecule has 44 heavy (non-hydrogen) atoms. The highest BCUT2D eigenvalue weighted by Gasteiger charge is 2.28. The fraction of sp³-hybridized carbons (Fsp3) is 0.853. The zero-order valence-corrected chi connectivity index (χ0v) is 28.9. The maximum atomic E-state index is 12.7. The van der Waals surface area contributed by atoms with Crippen LogP contribution in [-0.2, 0) is 18.4 Å². The van der Waals surface area contributed by atoms with Crippen LogP contribution in [0.1, 0.15) is 149 Å². The van der Waals surface area contributed by atoms with Crippen molar-refractivity contribution < 1.29 is 33.5 Å². The molecule has 0 heterocycles. The standard InChI is InChI=1S/C34H67N2O7P/c1-3-5-7-9-11-13-14-15-16-17-19-21-23-25-27-33(38)34(39)36-31(30-43-44(40,41)42-29-28-35)32(37)26-24-22-20-18-12-10-8-6-4-2/h20,22,24,26,31-33,37-38H,3-19,21,23,25,27-30,35H2,1-2H3,(H,36,39)(H,40,41)/b22-20+,26-24+/t31-,32+,33?/m0/s1. The smallest absolute Gasteiger partial charge is 0.387 e. The van der Waals surface area contributed by atoms with Crippen LogP contribution in [0.25, 0.3) is 0 Å². The second-order valence-electron chi connectivity index (χ2n) is 11.9. The predicted molar refractivity (Wildman–Crippen MR) is 181 cm³/mol. The minimum Gasteiger partial charge on any atom is -0.387 e. The lowest BCUT2D eigenvalue weighted by atomic mass is 10.0. The Morgan fingerprint density at radius 3 is 1.80 bits per heavy atom. The molecule has 0 aromatic rings. The Morgan fingerprint density at radius 2 is 1.27 bits per heavy atom. The molecule has 0 aliphatic heterocycles. The monoisotopic (exact) mass is 646 g/mol. The van der Waals surface area contributed by atoms with E-state index >= 15 is 0 Å². The van der Waals surface area contributed by atoms with Gasteiger partial charge in [-0.25, -0.2) is 4.57 Å². The molecule has 0 rings (SSSR count). The molecule has 0 saturated carbocycles. The molecule has 1 amide bonds. The van der Waals surface area contributed by atoms with E-state index in [1.54, 1.807) is 6.08 Å². The third-order valence-corrected chi connectivity index (χ3v) is 8.68. The van der Waals surface area contributed by atoms with Crippen molar-refractivity contribution in [2.75, 3.05) is 19.8 Å². The minimum atomic E-state index is -4.41. The van der Waals surface area contributed by atoms with Gasteiger partial charge in [-0.1, -0.05) is 154 Å². The molecule has 2 unspecified atom stereocenters. The SMILES string of the molecule is CCCCCCC/C=C/C=C/[C@@H](O)[C@H](COP(=O)(O)OCCN)NC(=O)C(O)CCCCCCCCCCCCCCCC. The number of aliphatic hydroxyl groups excluding tert-OH is 2. The molecule has 0 radical (unpaired) electrons. The predicted octanol–water partition coefficient (Wildman–Crippen LogP) is 7.63. The second kappa shape index (κ2) is 30.6. The number of unbranched alkanes of at least 4 members (excludes halogenated alkanes) is 18. The molecule has 6 N–H and O–H groups in total. The summed E-state index contributed by atoms with van der Waals surface area (Å²) in [5.41, 5.74) is 5.32. The molecule has 0 bridgehead atoms. The number of phosphoric ester groups is 1. The average Bonchev–Trinajstić information content (AvgIpc) is 3.01. The summed E-state index contributed by atoms with van der Waals surface area (Å²) in [4.78, 5) is 22.5. The summed E-state index contributed by atoms with van der Waals surface area (Å²) in [6.07, 6.45) is 28.9. The number of hydrogen-bond donors (Lipinski definition) is 5. The van der Waals surface area contributed by atoms with Gasteiger partial charge in [0.25, 0.3) is 0 Å². The number of allylic oxidation sites excluding steroid dienone is 3. The normalized spacial score (nSPS) is 15.5. The van der Waals surface area contributed by atoms with Crippen LogP contribution in [0.15, 0.2) is 24.3 Å². The molecule has 10 heteroatoms. The molecule has 0 spiro atoms. The molecule has 0 aromatic carbocycles. The summed E-state index contributed by atoms with van der Waals surface area (Å²) >= 11 is 0. The van der Waals surface area contributed by atoms with Crippen molar-refractivity contribution in [2.45, 2.75) is 167 Å². The Labute approximate surface area is 269 Å². The highest BCUT2D eigenvalue weighted by Crippen LogP contribution is 2.43. The van der Waals surface area contributed by atoms with Crippen molar-refractivity contribution in [1.82, 2.24) is 5.32 Å². The summed E-state index contributed by atoms with van der Waals surface area (Å²) in [6.45, 7) is 3.81. The van der Waals surface area contributed by atoms with Gasteiger partial charge in [-0.3, -0.25) is 13.8 Å². The van der Waals surface area contributed by atoms with Crippen molar-refractivity contribution in [1.29, 1.82) is 0 Å². The Bertz CT molecular complexity index is 766. The third kappa shape index (κ3) is 27.3. The van der Waals surface area contributed by atoms with Gasteiger partial charge in [0.15, 0.2) is 0 Å². The van der Waals surface area contributed by atoms with Crippen molar-refractivity contribution >= 4 is 13.7 Å². The van der Waals surface area contributed by atoms with Crippen molar-refractivity contribution in [3.8, 4) is 0 Å². The van der Waals surface area contributed by atoms with Crippen LogP contribution in [0, 0.1) is 0 Å². The molecule has 9 nitrogen and oxygen atoms in total. The Hall–Kier alpha value is -1.06. The van der Waals surface area contributed by atoms with Gasteiger partial charge in [0.2, 0.25) is 5.91 Å². The van der Waals surface area contributed by atoms with E-state index in [9.17, 15) is 24.5 Å². The molecular formula is C34H67N2O7P. The first kappa shape index (κ1) is 42.9. The number of rotatable bonds is 32. The highest BCUT2D eigenvalue weighted by atomic mass is 31.2. The van der Waals surface area contributed by atoms with Crippen LogP contribution < -0.4 is 11.1 Å². The lowest BCUT2D eigenvalue weighted by Crippen LogP contribution is -2.49. The summed E-state index contributed by atoms with van der Waals surface area (Å²) in [7, 11) is -4.41. The lowest BCUT2D eigenvalue weighted by molar-refractivity contribution is -0.131. The Balaban J connectivity index is 4.49. The molecule has 0 fully saturated rings. The highest BCUT2D eigenvalue weighted by molar-refractivity contribution is 7.47. The zero-order valence-electron chi connectivity index (χ0n) is 28.0. The molecule has 0 aromatic heterocycles. The second-order valence-corrected chi connectivity index (χ2v) is 13.4. The van der Waals surface area contributed by atoms with E-state index in [0.717, 1.165) is 38.5 Å². The van der Waals surface area contributed by atoms with Crippen LogP contribution in [0.2, 0.25) is 0 Å². The van der Waals surface area contributed by atoms with Gasteiger partial charge >= 0.3 is 7.82 Å². The van der Waals surface area contributed by atoms with E-state index in [-0.39, 0.29) is 13.2 Å². The van der Waals surface area contributed by atoms with E-state index in [2.05, 4.69) is 19.2 Å². The molecule has 4 atom stereocenters. The van der Waals surface area contributed by atoms with Gasteiger partial charge in [-0.05, 0) is 19.3 Å². The van der Waals surface area contributed by atoms with E-state index in [1.807, 2.05) is 12.2 Å². The molecule has 260 valence electrons. The van der Waals surface area contributed by atoms with Crippen LogP contribution in [0.4, 0.5) is 0 Å². The lowest BCUT2D eigenvalue weighted by Gasteiger charge is -2.24. The topological polar surface area (TPSA) is 151 Å². The van der Waals surface area contributed by atoms with Crippen LogP contribution in [0.5, 0.6) is 0 Å². The Kier molecular flexibility index (Phi) is 29.8. The molecule has 0 aliphatic carbocycles. The summed E-state index contributed by atoms with van der Waals surface area (Å²) in [6, 6.07) is -1.06. The number of nitrogens with two attached hydrogens (primary N) is 1. The van der Waals surface area contributed by atoms with Gasteiger partial charge in [0, 0.05) is 6.54 Å². The van der Waals surface area contributed by atoms with Crippen molar-refractivity contribution in [3.63, 3.8) is 0 Å². The first-order valence-corrected chi connectivity index (χ1v) is 19.1. The zero-order chi connectivity index (χ0) is 32.7. The summed E-state index contributed by atoms with van der Waals surface area (Å²) in [5.74, 6) is -0.654. The first-order valence-electron chi connectivity index (χ1n) is 17.6. The molecule has 0 saturated heterocycles. The van der Waals surface area contributed by atoms with Gasteiger partial charge in [0.05, 0.1) is 25.4 Å². The van der Waals surface area contributed by atoms with Crippen LogP contribution in [-0.4, -0.2) is 59.0 Å². The first-order chi connectivity index (χ1) is 21.3. The number of aliphatic hydroxyl groups is 2. The third-order valence-electron chi connectivity index (χ3n) is 7.69. The van der Waals surface area contributed by atoms with Gasteiger partial charge in [-0.15, -0.1) is 0 Å². The van der Waals surface area contributed by atoms with Crippen molar-refractivity contribution in [3.05, 3.63) is 24.3 Å². The number of phosphoric acid groups is 1. The van der Waals surface area contributed by atoms with Gasteiger partial charge in [0.1, 0.15) is 6.10 Å². The van der Waals surface area contributed by atoms with Crippen molar-refractivity contribution in [2.24, 2.45) is 5.73 Å². The van der Waals surface area contributed by atoms with Gasteiger partial charge in [-0.2, -0.15) is 0 Å². The number of nitrogens with one attached hydrogen (secondary N) is 1. The molecule has 0 aliphatic rings. The summed E-state index contributed by atoms with van der Waals surface area (Å²) in [5, 5.41) is 23.7. The number of amides is 1. The maximum absolute atomic E-state index is 12.7. The number of carbonyl (C=O) groups excluding carboxylic acids is 1. The Morgan fingerprint density at radius 1 is 0.773 bits per heavy atom.